The van der Waals surface area contributed by atoms with E-state index in [1.54, 1.807) is 30.3 Å². The van der Waals surface area contributed by atoms with Crippen molar-refractivity contribution in [2.45, 2.75) is 19.2 Å². The van der Waals surface area contributed by atoms with Gasteiger partial charge in [-0.3, -0.25) is 9.67 Å². The molecule has 0 aromatic carbocycles. The van der Waals surface area contributed by atoms with Crippen LogP contribution in [0.2, 0.25) is 0 Å². The summed E-state index contributed by atoms with van der Waals surface area (Å²) < 4.78 is 44.7. The van der Waals surface area contributed by atoms with Crippen LogP contribution in [0.25, 0.3) is 22.3 Å². The van der Waals surface area contributed by atoms with Crippen molar-refractivity contribution in [2.24, 2.45) is 7.05 Å². The number of aliphatic hydroxyl groups excluding tert-OH is 1. The van der Waals surface area contributed by atoms with Gasteiger partial charge in [0.1, 0.15) is 5.69 Å². The molecule has 0 aliphatic rings. The van der Waals surface area contributed by atoms with Crippen molar-refractivity contribution < 1.29 is 23.0 Å². The second-order valence-corrected chi connectivity index (χ2v) is 7.30. The van der Waals surface area contributed by atoms with Crippen LogP contribution in [-0.4, -0.2) is 60.8 Å². The number of halogens is 3. The summed E-state index contributed by atoms with van der Waals surface area (Å²) in [6.45, 7) is 1.15. The first kappa shape index (κ1) is 22.3. The van der Waals surface area contributed by atoms with E-state index in [4.69, 9.17) is 4.74 Å². The van der Waals surface area contributed by atoms with Crippen LogP contribution in [0.3, 0.4) is 0 Å². The Morgan fingerprint density at radius 3 is 2.79 bits per heavy atom. The summed E-state index contributed by atoms with van der Waals surface area (Å²) in [6.07, 6.45) is -0.683. The van der Waals surface area contributed by atoms with Gasteiger partial charge in [-0.25, -0.2) is 9.97 Å². The predicted molar refractivity (Wildman–Crippen MR) is 115 cm³/mol. The van der Waals surface area contributed by atoms with Crippen LogP contribution in [-0.2, 0) is 7.05 Å². The molecule has 4 rings (SSSR count). The lowest BCUT2D eigenvalue weighted by Gasteiger charge is -2.16. The fourth-order valence-corrected chi connectivity index (χ4v) is 3.27. The largest absolute Gasteiger partial charge is 0.478 e. The Morgan fingerprint density at radius 1 is 1.27 bits per heavy atom. The van der Waals surface area contributed by atoms with E-state index >= 15 is 0 Å². The van der Waals surface area contributed by atoms with Crippen molar-refractivity contribution in [3.05, 3.63) is 36.4 Å². The predicted octanol–water partition coefficient (Wildman–Crippen LogP) is 3.15. The number of pyridine rings is 1. The Labute approximate surface area is 185 Å². The van der Waals surface area contributed by atoms with Crippen molar-refractivity contribution in [3.63, 3.8) is 0 Å². The molecule has 13 heteroatoms. The van der Waals surface area contributed by atoms with Gasteiger partial charge in [0.15, 0.2) is 6.10 Å². The molecule has 10 nitrogen and oxygen atoms in total. The summed E-state index contributed by atoms with van der Waals surface area (Å²) in [4.78, 5) is 16.3. The maximum Gasteiger partial charge on any atom is 0.416 e. The van der Waals surface area contributed by atoms with E-state index in [0.29, 0.717) is 45.5 Å². The topological polar surface area (TPSA) is 126 Å². The average Bonchev–Trinajstić information content (AvgIpc) is 3.35. The van der Waals surface area contributed by atoms with Gasteiger partial charge in [0.05, 0.1) is 35.7 Å². The molecule has 0 spiro atoms. The number of fused-ring (bicyclic) bond motifs is 1. The Morgan fingerprint density at radius 2 is 2.06 bits per heavy atom. The van der Waals surface area contributed by atoms with Gasteiger partial charge in [-0.1, -0.05) is 0 Å². The first-order chi connectivity index (χ1) is 15.7. The lowest BCUT2D eigenvalue weighted by Crippen LogP contribution is -2.35. The highest BCUT2D eigenvalue weighted by Crippen LogP contribution is 2.33. The van der Waals surface area contributed by atoms with Crippen molar-refractivity contribution in [1.29, 1.82) is 0 Å². The zero-order valence-electron chi connectivity index (χ0n) is 17.9. The van der Waals surface area contributed by atoms with Crippen LogP contribution >= 0.6 is 0 Å². The molecule has 0 aliphatic carbocycles. The zero-order valence-corrected chi connectivity index (χ0v) is 17.9. The normalized spacial score (nSPS) is 12.7. The molecule has 0 aliphatic heterocycles. The molecule has 0 fully saturated rings. The number of anilines is 3. The molecule has 4 aromatic rings. The molecule has 33 heavy (non-hydrogen) atoms. The Balaban J connectivity index is 1.66. The number of rotatable bonds is 7. The maximum absolute atomic E-state index is 12.6. The summed E-state index contributed by atoms with van der Waals surface area (Å²) in [5.74, 6) is 0.688. The number of ether oxygens (including phenoxy) is 1. The second-order valence-electron chi connectivity index (χ2n) is 7.30. The van der Waals surface area contributed by atoms with Crippen LogP contribution in [0.15, 0.2) is 30.9 Å². The number of H-pyrrole nitrogens is 1. The quantitative estimate of drug-likeness (QED) is 0.330. The van der Waals surface area contributed by atoms with Crippen LogP contribution in [0.4, 0.5) is 30.5 Å². The van der Waals surface area contributed by atoms with Gasteiger partial charge in [-0.2, -0.15) is 13.2 Å². The number of aryl methyl sites for hydroxylation is 2. The van der Waals surface area contributed by atoms with E-state index in [2.05, 4.69) is 35.7 Å². The Hall–Kier alpha value is -3.87. The van der Waals surface area contributed by atoms with Crippen LogP contribution in [0.1, 0.15) is 5.56 Å². The van der Waals surface area contributed by atoms with Crippen LogP contribution < -0.4 is 15.4 Å². The number of nitrogens with zero attached hydrogens (tertiary/aromatic N) is 5. The molecule has 4 N–H and O–H groups in total. The second kappa shape index (κ2) is 8.58. The smallest absolute Gasteiger partial charge is 0.416 e. The highest BCUT2D eigenvalue weighted by Gasteiger charge is 2.37. The number of aromatic amines is 1. The molecule has 0 bridgehead atoms. The monoisotopic (exact) mass is 462 g/mol. The van der Waals surface area contributed by atoms with E-state index < -0.39 is 18.8 Å². The average molecular weight is 462 g/mol. The first-order valence-electron chi connectivity index (χ1n) is 9.80. The third-order valence-corrected chi connectivity index (χ3v) is 4.89. The molecule has 4 aromatic heterocycles. The minimum absolute atomic E-state index is 0.304. The highest BCUT2D eigenvalue weighted by molar-refractivity contribution is 5.98. The lowest BCUT2D eigenvalue weighted by molar-refractivity contribution is -0.198. The molecule has 174 valence electrons. The third-order valence-electron chi connectivity index (χ3n) is 4.89. The molecule has 1 unspecified atom stereocenters. The first-order valence-corrected chi connectivity index (χ1v) is 9.80. The standard InChI is InChI=1S/C20H21F3N8O2/c1-10-6-27-19(28-13-9-31(2)30-18(13)33-3)29-15(10)11-7-26-17-12(4-5-24-16(11)17)25-8-14(32)20(21,22)23/h4-7,9,14,26,32H,8H2,1-3H3,(H,24,25)(H,27,28,29). The summed E-state index contributed by atoms with van der Waals surface area (Å²) >= 11 is 0. The molecule has 0 radical (unpaired) electrons. The van der Waals surface area contributed by atoms with Crippen molar-refractivity contribution in [2.75, 3.05) is 24.3 Å². The number of hydrogen-bond acceptors (Lipinski definition) is 8. The maximum atomic E-state index is 12.6. The van der Waals surface area contributed by atoms with Crippen molar-refractivity contribution in [1.82, 2.24) is 29.7 Å². The van der Waals surface area contributed by atoms with Gasteiger partial charge in [-0.15, -0.1) is 5.10 Å². The fraction of sp³-hybridized carbons (Fsp3) is 0.300. The van der Waals surface area contributed by atoms with Crippen molar-refractivity contribution in [3.8, 4) is 17.1 Å². The van der Waals surface area contributed by atoms with Gasteiger partial charge in [-0.05, 0) is 18.6 Å². The Bertz CT molecular complexity index is 1280. The highest BCUT2D eigenvalue weighted by atomic mass is 19.4. The zero-order chi connectivity index (χ0) is 23.8. The molecule has 0 saturated heterocycles. The van der Waals surface area contributed by atoms with Crippen LogP contribution in [0, 0.1) is 6.92 Å². The minimum atomic E-state index is -4.71. The summed E-state index contributed by atoms with van der Waals surface area (Å²) in [7, 11) is 3.26. The van der Waals surface area contributed by atoms with Crippen LogP contribution in [0.5, 0.6) is 5.88 Å². The van der Waals surface area contributed by atoms with E-state index in [0.717, 1.165) is 5.56 Å². The van der Waals surface area contributed by atoms with Gasteiger partial charge >= 0.3 is 6.18 Å². The van der Waals surface area contributed by atoms with Crippen molar-refractivity contribution >= 4 is 28.4 Å². The Kier molecular flexibility index (Phi) is 5.80. The number of alkyl halides is 3. The minimum Gasteiger partial charge on any atom is -0.478 e. The molecule has 1 atom stereocenters. The number of methoxy groups -OCH3 is 1. The summed E-state index contributed by atoms with van der Waals surface area (Å²) in [5.41, 5.74) is 3.96. The van der Waals surface area contributed by atoms with E-state index in [9.17, 15) is 18.3 Å². The van der Waals surface area contributed by atoms with E-state index in [1.807, 2.05) is 6.92 Å². The van der Waals surface area contributed by atoms with Gasteiger partial charge < -0.3 is 25.5 Å². The van der Waals surface area contributed by atoms with Gasteiger partial charge in [0.2, 0.25) is 5.95 Å². The van der Waals surface area contributed by atoms with E-state index in [-0.39, 0.29) is 0 Å². The molecule has 0 amide bonds. The number of hydrogen-bond donors (Lipinski definition) is 4. The molecule has 0 saturated carbocycles. The van der Waals surface area contributed by atoms with E-state index in [1.165, 1.54) is 19.4 Å². The fourth-order valence-electron chi connectivity index (χ4n) is 3.27. The lowest BCUT2D eigenvalue weighted by atomic mass is 10.1. The SMILES string of the molecule is COc1nn(C)cc1Nc1ncc(C)c(-c2c[nH]c3c(NCC(O)C(F)(F)F)ccnc23)n1. The molecule has 4 heterocycles. The van der Waals surface area contributed by atoms with Gasteiger partial charge in [0.25, 0.3) is 5.88 Å². The summed E-state index contributed by atoms with van der Waals surface area (Å²) in [5, 5.41) is 19.1. The van der Waals surface area contributed by atoms with Gasteiger partial charge in [0, 0.05) is 37.7 Å². The summed E-state index contributed by atoms with van der Waals surface area (Å²) in [6, 6.07) is 1.53. The third kappa shape index (κ3) is 4.53. The molecular weight excluding hydrogens is 441 g/mol. The number of aromatic nitrogens is 6. The number of aliphatic hydroxyl groups is 1. The number of nitrogens with one attached hydrogen (secondary N) is 3. The molecular formula is C20H21F3N8O2.